The summed E-state index contributed by atoms with van der Waals surface area (Å²) in [6.07, 6.45) is 0.762. The quantitative estimate of drug-likeness (QED) is 0.604. The molecule has 0 aliphatic carbocycles. The fourth-order valence-corrected chi connectivity index (χ4v) is 4.57. The second-order valence-corrected chi connectivity index (χ2v) is 7.72. The molecule has 1 saturated heterocycles. The lowest BCUT2D eigenvalue weighted by Gasteiger charge is -2.26. The van der Waals surface area contributed by atoms with Crippen LogP contribution >= 0.6 is 11.3 Å². The van der Waals surface area contributed by atoms with Crippen molar-refractivity contribution in [3.05, 3.63) is 15.4 Å². The highest BCUT2D eigenvalue weighted by molar-refractivity contribution is 7.91. The Morgan fingerprint density at radius 2 is 2.05 bits per heavy atom. The number of piperazine rings is 1. The summed E-state index contributed by atoms with van der Waals surface area (Å²) >= 11 is 0.727. The van der Waals surface area contributed by atoms with Gasteiger partial charge >= 0.3 is 4.87 Å². The van der Waals surface area contributed by atoms with E-state index in [2.05, 4.69) is 19.9 Å². The smallest absolute Gasteiger partial charge is 0.305 e. The van der Waals surface area contributed by atoms with Crippen LogP contribution in [0.15, 0.2) is 9.00 Å². The molecule has 1 aromatic rings. The van der Waals surface area contributed by atoms with Gasteiger partial charge in [0.05, 0.1) is 0 Å². The molecule has 0 unspecified atom stereocenters. The Hall–Kier alpha value is -0.740. The third kappa shape index (κ3) is 4.13. The summed E-state index contributed by atoms with van der Waals surface area (Å²) in [7, 11) is -3.57. The van der Waals surface area contributed by atoms with Gasteiger partial charge in [0.25, 0.3) is 10.0 Å². The van der Waals surface area contributed by atoms with Gasteiger partial charge in [-0.3, -0.25) is 4.79 Å². The minimum absolute atomic E-state index is 0.0877. The van der Waals surface area contributed by atoms with E-state index < -0.39 is 10.0 Å². The predicted octanol–water partition coefficient (Wildman–Crippen LogP) is -0.682. The van der Waals surface area contributed by atoms with Crippen LogP contribution in [-0.4, -0.2) is 57.6 Å². The van der Waals surface area contributed by atoms with E-state index in [-0.39, 0.29) is 9.08 Å². The third-order valence-electron chi connectivity index (χ3n) is 3.18. The number of aryl methyl sites for hydroxylation is 1. The van der Waals surface area contributed by atoms with Crippen LogP contribution in [0.4, 0.5) is 0 Å². The second-order valence-electron chi connectivity index (χ2n) is 4.77. The topological polar surface area (TPSA) is 94.3 Å². The molecule has 2 heterocycles. The number of H-pyrrole nitrogens is 1. The summed E-state index contributed by atoms with van der Waals surface area (Å²) in [6.45, 7) is 6.85. The summed E-state index contributed by atoms with van der Waals surface area (Å²) in [5, 5.41) is 3.27. The van der Waals surface area contributed by atoms with Crippen LogP contribution < -0.4 is 14.9 Å². The van der Waals surface area contributed by atoms with Crippen LogP contribution in [0.25, 0.3) is 0 Å². The van der Waals surface area contributed by atoms with Crippen molar-refractivity contribution in [3.63, 3.8) is 0 Å². The Labute approximate surface area is 122 Å². The highest BCUT2D eigenvalue weighted by Crippen LogP contribution is 2.15. The van der Waals surface area contributed by atoms with Crippen molar-refractivity contribution in [3.8, 4) is 0 Å². The Kier molecular flexibility index (Phi) is 5.33. The van der Waals surface area contributed by atoms with Crippen molar-refractivity contribution in [1.82, 2.24) is 19.9 Å². The Morgan fingerprint density at radius 3 is 2.65 bits per heavy atom. The molecule has 2 rings (SSSR count). The molecule has 0 saturated carbocycles. The molecule has 1 fully saturated rings. The van der Waals surface area contributed by atoms with Crippen molar-refractivity contribution in [2.75, 3.05) is 39.3 Å². The van der Waals surface area contributed by atoms with E-state index in [4.69, 9.17) is 0 Å². The molecule has 7 nitrogen and oxygen atoms in total. The van der Waals surface area contributed by atoms with Crippen molar-refractivity contribution in [2.24, 2.45) is 0 Å². The monoisotopic (exact) mass is 320 g/mol. The molecular weight excluding hydrogens is 300 g/mol. The zero-order chi connectivity index (χ0) is 14.6. The molecular formula is C11H20N4O3S2. The largest absolute Gasteiger partial charge is 0.315 e. The predicted molar refractivity (Wildman–Crippen MR) is 78.8 cm³/mol. The molecule has 20 heavy (non-hydrogen) atoms. The molecule has 0 aromatic carbocycles. The van der Waals surface area contributed by atoms with E-state index in [1.165, 1.54) is 0 Å². The Bertz CT molecular complexity index is 587. The van der Waals surface area contributed by atoms with E-state index in [0.717, 1.165) is 50.5 Å². The van der Waals surface area contributed by atoms with Gasteiger partial charge in [0.15, 0.2) is 4.21 Å². The maximum absolute atomic E-state index is 12.0. The summed E-state index contributed by atoms with van der Waals surface area (Å²) in [4.78, 5) is 15.6. The fraction of sp³-hybridized carbons (Fsp3) is 0.727. The van der Waals surface area contributed by atoms with Gasteiger partial charge in [-0.15, -0.1) is 0 Å². The van der Waals surface area contributed by atoms with E-state index in [9.17, 15) is 13.2 Å². The minimum Gasteiger partial charge on any atom is -0.315 e. The molecule has 0 radical (unpaired) electrons. The first-order valence-electron chi connectivity index (χ1n) is 6.61. The average Bonchev–Trinajstić information content (AvgIpc) is 2.76. The number of nitrogens with zero attached hydrogens (tertiary/aromatic N) is 1. The molecule has 9 heteroatoms. The van der Waals surface area contributed by atoms with Crippen molar-refractivity contribution in [1.29, 1.82) is 0 Å². The van der Waals surface area contributed by atoms with Crippen molar-refractivity contribution >= 4 is 21.4 Å². The molecule has 0 amide bonds. The zero-order valence-electron chi connectivity index (χ0n) is 11.4. The first-order valence-corrected chi connectivity index (χ1v) is 8.91. The lowest BCUT2D eigenvalue weighted by molar-refractivity contribution is 0.239. The van der Waals surface area contributed by atoms with Gasteiger partial charge in [0.2, 0.25) is 0 Å². The number of rotatable bonds is 6. The zero-order valence-corrected chi connectivity index (χ0v) is 13.1. The number of sulfonamides is 1. The number of aromatic nitrogens is 1. The molecule has 3 N–H and O–H groups in total. The molecule has 114 valence electrons. The Morgan fingerprint density at radius 1 is 1.35 bits per heavy atom. The summed E-state index contributed by atoms with van der Waals surface area (Å²) in [5.41, 5.74) is 0.398. The standard InChI is InChI=1S/C11H20N4O3S2/c1-9-10(19-11(16)14-9)20(17,18)13-3-2-6-15-7-4-12-5-8-15/h12-13H,2-8H2,1H3,(H,14,16). The van der Waals surface area contributed by atoms with Gasteiger partial charge in [-0.2, -0.15) is 0 Å². The summed E-state index contributed by atoms with van der Waals surface area (Å²) in [5.74, 6) is 0. The second kappa shape index (κ2) is 6.81. The van der Waals surface area contributed by atoms with Crippen molar-refractivity contribution < 1.29 is 8.42 Å². The maximum atomic E-state index is 12.0. The maximum Gasteiger partial charge on any atom is 0.305 e. The molecule has 0 atom stereocenters. The van der Waals surface area contributed by atoms with E-state index in [0.29, 0.717) is 12.2 Å². The molecule has 1 aliphatic heterocycles. The Balaban J connectivity index is 1.80. The number of hydrogen-bond acceptors (Lipinski definition) is 6. The number of thiazole rings is 1. The lowest BCUT2D eigenvalue weighted by atomic mass is 10.3. The van der Waals surface area contributed by atoms with Gasteiger partial charge in [-0.1, -0.05) is 11.3 Å². The fourth-order valence-electron chi connectivity index (χ4n) is 2.16. The van der Waals surface area contributed by atoms with E-state index in [1.807, 2.05) is 0 Å². The van der Waals surface area contributed by atoms with Gasteiger partial charge in [-0.05, 0) is 19.9 Å². The number of aromatic amines is 1. The molecule has 0 bridgehead atoms. The van der Waals surface area contributed by atoms with Crippen molar-refractivity contribution in [2.45, 2.75) is 17.6 Å². The normalized spacial score (nSPS) is 17.4. The first kappa shape index (κ1) is 15.6. The van der Waals surface area contributed by atoms with Crippen LogP contribution in [0.3, 0.4) is 0 Å². The highest BCUT2D eigenvalue weighted by Gasteiger charge is 2.20. The van der Waals surface area contributed by atoms with Crippen LogP contribution in [0, 0.1) is 6.92 Å². The van der Waals surface area contributed by atoms with Crippen LogP contribution in [0.2, 0.25) is 0 Å². The van der Waals surface area contributed by atoms with Gasteiger partial charge in [0, 0.05) is 38.4 Å². The summed E-state index contributed by atoms with van der Waals surface area (Å²) in [6, 6.07) is 0. The van der Waals surface area contributed by atoms with Gasteiger partial charge < -0.3 is 15.2 Å². The van der Waals surface area contributed by atoms with Gasteiger partial charge in [0.1, 0.15) is 0 Å². The third-order valence-corrected chi connectivity index (χ3v) is 6.24. The van der Waals surface area contributed by atoms with Crippen LogP contribution in [-0.2, 0) is 10.0 Å². The number of nitrogens with one attached hydrogen (secondary N) is 3. The number of hydrogen-bond donors (Lipinski definition) is 3. The lowest BCUT2D eigenvalue weighted by Crippen LogP contribution is -2.44. The highest BCUT2D eigenvalue weighted by atomic mass is 32.2. The van der Waals surface area contributed by atoms with Crippen LogP contribution in [0.1, 0.15) is 12.1 Å². The van der Waals surface area contributed by atoms with E-state index >= 15 is 0 Å². The van der Waals surface area contributed by atoms with Gasteiger partial charge in [-0.25, -0.2) is 13.1 Å². The molecule has 1 aromatic heterocycles. The summed E-state index contributed by atoms with van der Waals surface area (Å²) < 4.78 is 26.7. The molecule has 0 spiro atoms. The average molecular weight is 320 g/mol. The van der Waals surface area contributed by atoms with Crippen LogP contribution in [0.5, 0.6) is 0 Å². The van der Waals surface area contributed by atoms with E-state index in [1.54, 1.807) is 6.92 Å². The first-order chi connectivity index (χ1) is 9.49. The molecule has 1 aliphatic rings. The SMILES string of the molecule is Cc1[nH]c(=O)sc1S(=O)(=O)NCCCN1CCNCC1. The minimum atomic E-state index is -3.57.